The Hall–Kier alpha value is -1.67. The second-order valence-electron chi connectivity index (χ2n) is 8.26. The number of nitrogens with zero attached hydrogens (tertiary/aromatic N) is 2. The normalized spacial score (nSPS) is 20.0. The Morgan fingerprint density at radius 3 is 2.60 bits per heavy atom. The molecule has 1 N–H and O–H groups in total. The lowest BCUT2D eigenvalue weighted by atomic mass is 9.95. The molecule has 1 saturated carbocycles. The summed E-state index contributed by atoms with van der Waals surface area (Å²) in [5.74, 6) is 1.33. The van der Waals surface area contributed by atoms with E-state index in [1.807, 2.05) is 37.4 Å². The van der Waals surface area contributed by atoms with Crippen molar-refractivity contribution in [3.8, 4) is 0 Å². The van der Waals surface area contributed by atoms with Crippen molar-refractivity contribution < 1.29 is 9.13 Å². The zero-order valence-corrected chi connectivity index (χ0v) is 19.8. The summed E-state index contributed by atoms with van der Waals surface area (Å²) in [6.45, 7) is 4.08. The van der Waals surface area contributed by atoms with Crippen LogP contribution >= 0.6 is 24.0 Å². The number of guanidine groups is 1. The minimum absolute atomic E-state index is 0. The standard InChI is InChI=1S/C24H30FN3O.HI/c1-26-23(27-18-24(12-13-24)21-9-5-6-10-22(21)25)28-14-11-20(15-28)17-29-16-19-7-3-2-4-8-19;/h2-10,20H,11-18H2,1H3,(H,26,27);1H. The van der Waals surface area contributed by atoms with E-state index in [1.165, 1.54) is 5.56 Å². The number of hydrogen-bond acceptors (Lipinski definition) is 2. The van der Waals surface area contributed by atoms with Crippen LogP contribution in [0.1, 0.15) is 30.4 Å². The summed E-state index contributed by atoms with van der Waals surface area (Å²) in [5.41, 5.74) is 1.96. The maximum Gasteiger partial charge on any atom is 0.193 e. The monoisotopic (exact) mass is 523 g/mol. The summed E-state index contributed by atoms with van der Waals surface area (Å²) in [7, 11) is 1.82. The third-order valence-electron chi connectivity index (χ3n) is 6.15. The number of ether oxygens (including phenoxy) is 1. The number of benzene rings is 2. The van der Waals surface area contributed by atoms with E-state index in [-0.39, 0.29) is 35.2 Å². The van der Waals surface area contributed by atoms with Crippen LogP contribution in [0.3, 0.4) is 0 Å². The van der Waals surface area contributed by atoms with Crippen LogP contribution in [0.25, 0.3) is 0 Å². The molecule has 6 heteroatoms. The van der Waals surface area contributed by atoms with E-state index in [4.69, 9.17) is 4.74 Å². The Morgan fingerprint density at radius 2 is 1.90 bits per heavy atom. The van der Waals surface area contributed by atoms with Crippen LogP contribution in [0.4, 0.5) is 4.39 Å². The first-order valence-corrected chi connectivity index (χ1v) is 10.5. The molecule has 0 spiro atoms. The average molecular weight is 523 g/mol. The van der Waals surface area contributed by atoms with E-state index in [9.17, 15) is 4.39 Å². The quantitative estimate of drug-likeness (QED) is 0.328. The van der Waals surface area contributed by atoms with Gasteiger partial charge in [-0.25, -0.2) is 4.39 Å². The Bertz CT molecular complexity index is 841. The summed E-state index contributed by atoms with van der Waals surface area (Å²) in [6.07, 6.45) is 3.15. The number of aliphatic imine (C=N–C) groups is 1. The van der Waals surface area contributed by atoms with Gasteiger partial charge in [-0.1, -0.05) is 48.5 Å². The van der Waals surface area contributed by atoms with Crippen molar-refractivity contribution in [1.82, 2.24) is 10.2 Å². The number of hydrogen-bond donors (Lipinski definition) is 1. The van der Waals surface area contributed by atoms with Crippen LogP contribution in [-0.4, -0.2) is 44.1 Å². The van der Waals surface area contributed by atoms with Gasteiger partial charge in [-0.15, -0.1) is 24.0 Å². The maximum atomic E-state index is 14.2. The molecule has 2 aliphatic rings. The summed E-state index contributed by atoms with van der Waals surface area (Å²) < 4.78 is 20.2. The topological polar surface area (TPSA) is 36.9 Å². The number of halogens is 2. The molecule has 1 unspecified atom stereocenters. The molecule has 0 amide bonds. The van der Waals surface area contributed by atoms with Gasteiger partial charge in [0, 0.05) is 38.0 Å². The summed E-state index contributed by atoms with van der Waals surface area (Å²) >= 11 is 0. The van der Waals surface area contributed by atoms with Gasteiger partial charge < -0.3 is 15.0 Å². The van der Waals surface area contributed by atoms with Crippen LogP contribution in [0.2, 0.25) is 0 Å². The molecule has 1 aliphatic carbocycles. The van der Waals surface area contributed by atoms with Gasteiger partial charge in [0.05, 0.1) is 13.2 Å². The molecule has 0 radical (unpaired) electrons. The highest BCUT2D eigenvalue weighted by molar-refractivity contribution is 14.0. The second-order valence-corrected chi connectivity index (χ2v) is 8.26. The van der Waals surface area contributed by atoms with E-state index >= 15 is 0 Å². The summed E-state index contributed by atoms with van der Waals surface area (Å²) in [5, 5.41) is 3.51. The van der Waals surface area contributed by atoms with Gasteiger partial charge in [-0.05, 0) is 36.5 Å². The molecular formula is C24H31FIN3O. The van der Waals surface area contributed by atoms with Gasteiger partial charge in [-0.2, -0.15) is 0 Å². The highest BCUT2D eigenvalue weighted by atomic mass is 127. The smallest absolute Gasteiger partial charge is 0.193 e. The minimum atomic E-state index is -0.0985. The van der Waals surface area contributed by atoms with Gasteiger partial charge in [0.25, 0.3) is 0 Å². The van der Waals surface area contributed by atoms with Crippen LogP contribution in [-0.2, 0) is 16.8 Å². The van der Waals surface area contributed by atoms with Crippen molar-refractivity contribution in [2.24, 2.45) is 10.9 Å². The summed E-state index contributed by atoms with van der Waals surface area (Å²) in [6, 6.07) is 17.5. The molecule has 30 heavy (non-hydrogen) atoms. The molecule has 2 aromatic rings. The van der Waals surface area contributed by atoms with E-state index in [1.54, 1.807) is 12.1 Å². The zero-order chi connectivity index (χ0) is 20.1. The fraction of sp³-hybridized carbons (Fsp3) is 0.458. The van der Waals surface area contributed by atoms with Crippen molar-refractivity contribution in [3.63, 3.8) is 0 Å². The lowest BCUT2D eigenvalue weighted by Crippen LogP contribution is -2.43. The van der Waals surface area contributed by atoms with Crippen molar-refractivity contribution in [3.05, 3.63) is 71.5 Å². The van der Waals surface area contributed by atoms with Gasteiger partial charge in [-0.3, -0.25) is 4.99 Å². The minimum Gasteiger partial charge on any atom is -0.376 e. The number of likely N-dealkylation sites (tertiary alicyclic amines) is 1. The van der Waals surface area contributed by atoms with Gasteiger partial charge >= 0.3 is 0 Å². The summed E-state index contributed by atoms with van der Waals surface area (Å²) in [4.78, 5) is 6.78. The Morgan fingerprint density at radius 1 is 1.17 bits per heavy atom. The van der Waals surface area contributed by atoms with Crippen molar-refractivity contribution in [2.75, 3.05) is 33.3 Å². The van der Waals surface area contributed by atoms with Crippen molar-refractivity contribution >= 4 is 29.9 Å². The molecule has 1 atom stereocenters. The molecule has 162 valence electrons. The highest BCUT2D eigenvalue weighted by Crippen LogP contribution is 2.48. The van der Waals surface area contributed by atoms with Gasteiger partial charge in [0.1, 0.15) is 5.82 Å². The molecule has 0 bridgehead atoms. The van der Waals surface area contributed by atoms with E-state index in [0.717, 1.165) is 57.0 Å². The maximum absolute atomic E-state index is 14.2. The molecule has 1 heterocycles. The van der Waals surface area contributed by atoms with E-state index < -0.39 is 0 Å². The average Bonchev–Trinajstić information content (AvgIpc) is 3.39. The highest BCUT2D eigenvalue weighted by Gasteiger charge is 2.46. The third kappa shape index (κ3) is 5.52. The van der Waals surface area contributed by atoms with Crippen LogP contribution < -0.4 is 5.32 Å². The number of nitrogens with one attached hydrogen (secondary N) is 1. The fourth-order valence-corrected chi connectivity index (χ4v) is 4.24. The SMILES string of the molecule is CN=C(NCC1(c2ccccc2F)CC1)N1CCC(COCc2ccccc2)C1.I. The Balaban J connectivity index is 0.00000256. The zero-order valence-electron chi connectivity index (χ0n) is 17.5. The Labute approximate surface area is 195 Å². The molecule has 1 saturated heterocycles. The predicted octanol–water partition coefficient (Wildman–Crippen LogP) is 4.59. The van der Waals surface area contributed by atoms with Crippen LogP contribution in [0.15, 0.2) is 59.6 Å². The van der Waals surface area contributed by atoms with Crippen LogP contribution in [0, 0.1) is 11.7 Å². The molecule has 4 nitrogen and oxygen atoms in total. The molecular weight excluding hydrogens is 492 g/mol. The number of rotatable bonds is 7. The lowest BCUT2D eigenvalue weighted by Gasteiger charge is -2.25. The molecule has 1 aliphatic heterocycles. The third-order valence-corrected chi connectivity index (χ3v) is 6.15. The second kappa shape index (κ2) is 10.6. The van der Waals surface area contributed by atoms with Crippen LogP contribution in [0.5, 0.6) is 0 Å². The largest absolute Gasteiger partial charge is 0.376 e. The van der Waals surface area contributed by atoms with E-state index in [0.29, 0.717) is 12.5 Å². The Kier molecular flexibility index (Phi) is 8.11. The van der Waals surface area contributed by atoms with Gasteiger partial charge in [0.15, 0.2) is 5.96 Å². The first-order chi connectivity index (χ1) is 14.2. The fourth-order valence-electron chi connectivity index (χ4n) is 4.24. The van der Waals surface area contributed by atoms with Crippen molar-refractivity contribution in [2.45, 2.75) is 31.3 Å². The molecule has 2 fully saturated rings. The first-order valence-electron chi connectivity index (χ1n) is 10.5. The van der Waals surface area contributed by atoms with Gasteiger partial charge in [0.2, 0.25) is 0 Å². The predicted molar refractivity (Wildman–Crippen MR) is 130 cm³/mol. The molecule has 0 aromatic heterocycles. The lowest BCUT2D eigenvalue weighted by molar-refractivity contribution is 0.0906. The van der Waals surface area contributed by atoms with Crippen molar-refractivity contribution in [1.29, 1.82) is 0 Å². The van der Waals surface area contributed by atoms with E-state index in [2.05, 4.69) is 27.3 Å². The molecule has 2 aromatic carbocycles. The molecule has 4 rings (SSSR count). The first kappa shape index (κ1) is 23.0.